The Labute approximate surface area is 94.2 Å². The van der Waals surface area contributed by atoms with Gasteiger partial charge in [0.25, 0.3) is 5.91 Å². The summed E-state index contributed by atoms with van der Waals surface area (Å²) in [6, 6.07) is 0. The zero-order chi connectivity index (χ0) is 12.8. The van der Waals surface area contributed by atoms with E-state index in [-0.39, 0.29) is 13.1 Å². The summed E-state index contributed by atoms with van der Waals surface area (Å²) in [5.41, 5.74) is 0. The van der Waals surface area contributed by atoms with Crippen molar-refractivity contribution in [2.75, 3.05) is 26.3 Å². The Morgan fingerprint density at radius 3 is 2.06 bits per heavy atom. The highest BCUT2D eigenvalue weighted by molar-refractivity contribution is 4.78. The maximum atomic E-state index is 9.60. The van der Waals surface area contributed by atoms with Crippen LogP contribution in [0.5, 0.6) is 0 Å². The van der Waals surface area contributed by atoms with Crippen LogP contribution in [-0.2, 0) is 0 Å². The zero-order valence-electron chi connectivity index (χ0n) is 9.32. The molecule has 7 heteroatoms. The van der Waals surface area contributed by atoms with E-state index in [1.165, 1.54) is 0 Å². The van der Waals surface area contributed by atoms with Gasteiger partial charge in [-0.25, -0.2) is 4.90 Å². The molecule has 0 saturated carbocycles. The van der Waals surface area contributed by atoms with Crippen molar-refractivity contribution in [3.8, 4) is 0 Å². The molecule has 0 aromatic carbocycles. The SMILES string of the molecule is CCCN(CC(O)CO)C(O)(O)C(O)CO. The summed E-state index contributed by atoms with van der Waals surface area (Å²) in [6.07, 6.45) is -2.35. The average molecular weight is 239 g/mol. The van der Waals surface area contributed by atoms with E-state index in [0.717, 1.165) is 4.90 Å². The number of aliphatic hydroxyl groups is 6. The van der Waals surface area contributed by atoms with Gasteiger partial charge < -0.3 is 30.6 Å². The molecule has 2 unspecified atom stereocenters. The van der Waals surface area contributed by atoms with Gasteiger partial charge >= 0.3 is 0 Å². The smallest absolute Gasteiger partial charge is 0.254 e. The molecule has 0 radical (unpaired) electrons. The van der Waals surface area contributed by atoms with Gasteiger partial charge in [0.2, 0.25) is 0 Å². The highest BCUT2D eigenvalue weighted by atomic mass is 16.6. The van der Waals surface area contributed by atoms with Gasteiger partial charge in [0, 0.05) is 13.1 Å². The van der Waals surface area contributed by atoms with Crippen LogP contribution in [0.25, 0.3) is 0 Å². The van der Waals surface area contributed by atoms with E-state index in [1.807, 2.05) is 0 Å². The summed E-state index contributed by atoms with van der Waals surface area (Å²) in [5.74, 6) is -2.62. The highest BCUT2D eigenvalue weighted by Gasteiger charge is 2.39. The predicted molar refractivity (Wildman–Crippen MR) is 55.2 cm³/mol. The van der Waals surface area contributed by atoms with Crippen molar-refractivity contribution in [3.63, 3.8) is 0 Å². The minimum atomic E-state index is -2.62. The van der Waals surface area contributed by atoms with Crippen LogP contribution in [-0.4, -0.2) is 80.0 Å². The van der Waals surface area contributed by atoms with Crippen molar-refractivity contribution in [2.24, 2.45) is 0 Å². The molecule has 0 amide bonds. The molecule has 0 aromatic heterocycles. The molecule has 0 bridgehead atoms. The van der Waals surface area contributed by atoms with E-state index in [4.69, 9.17) is 10.2 Å². The first-order valence-electron chi connectivity index (χ1n) is 5.17. The summed E-state index contributed by atoms with van der Waals surface area (Å²) in [4.78, 5) is 0.995. The van der Waals surface area contributed by atoms with Crippen LogP contribution in [0.4, 0.5) is 0 Å². The number of rotatable bonds is 8. The van der Waals surface area contributed by atoms with Gasteiger partial charge in [-0.05, 0) is 6.42 Å². The molecule has 0 spiro atoms. The van der Waals surface area contributed by atoms with Crippen molar-refractivity contribution in [2.45, 2.75) is 31.5 Å². The van der Waals surface area contributed by atoms with Crippen molar-refractivity contribution in [1.29, 1.82) is 0 Å². The van der Waals surface area contributed by atoms with E-state index < -0.39 is 31.3 Å². The Morgan fingerprint density at radius 1 is 1.12 bits per heavy atom. The third-order valence-corrected chi connectivity index (χ3v) is 2.22. The minimum absolute atomic E-state index is 0.196. The lowest BCUT2D eigenvalue weighted by atomic mass is 10.2. The molecule has 0 heterocycles. The quantitative estimate of drug-likeness (QED) is 0.250. The standard InChI is InChI=1S/C9H21NO6/c1-2-3-10(4-7(13)5-11)9(15,16)8(14)6-12/h7-8,11-16H,2-6H2,1H3. The summed E-state index contributed by atoms with van der Waals surface area (Å²) >= 11 is 0. The van der Waals surface area contributed by atoms with Crippen LogP contribution in [0.1, 0.15) is 13.3 Å². The van der Waals surface area contributed by atoms with Gasteiger partial charge in [-0.15, -0.1) is 0 Å². The molecule has 2 atom stereocenters. The van der Waals surface area contributed by atoms with Gasteiger partial charge in [0.05, 0.1) is 19.3 Å². The van der Waals surface area contributed by atoms with Crippen molar-refractivity contribution in [3.05, 3.63) is 0 Å². The Bertz CT molecular complexity index is 189. The normalized spacial score (nSPS) is 16.5. The van der Waals surface area contributed by atoms with E-state index in [9.17, 15) is 20.4 Å². The number of hydrogen-bond donors (Lipinski definition) is 6. The molecule has 0 saturated heterocycles. The largest absolute Gasteiger partial charge is 0.394 e. The molecule has 0 aromatic rings. The number of aliphatic hydroxyl groups excluding tert-OH is 4. The lowest BCUT2D eigenvalue weighted by molar-refractivity contribution is -0.319. The number of hydrogen-bond acceptors (Lipinski definition) is 7. The fraction of sp³-hybridized carbons (Fsp3) is 1.00. The lowest BCUT2D eigenvalue weighted by Gasteiger charge is -2.38. The molecule has 0 fully saturated rings. The van der Waals surface area contributed by atoms with Crippen molar-refractivity contribution in [1.82, 2.24) is 4.90 Å². The maximum Gasteiger partial charge on any atom is 0.254 e. The Kier molecular flexibility index (Phi) is 7.00. The maximum absolute atomic E-state index is 9.60. The van der Waals surface area contributed by atoms with E-state index in [1.54, 1.807) is 6.92 Å². The average Bonchev–Trinajstić information content (AvgIpc) is 2.26. The second-order valence-corrected chi connectivity index (χ2v) is 3.67. The van der Waals surface area contributed by atoms with Gasteiger partial charge in [0.15, 0.2) is 0 Å². The monoisotopic (exact) mass is 239 g/mol. The molecule has 6 N–H and O–H groups in total. The molecule has 0 rings (SSSR count). The Balaban J connectivity index is 4.60. The topological polar surface area (TPSA) is 125 Å². The molecular formula is C9H21NO6. The number of nitrogens with zero attached hydrogens (tertiary/aromatic N) is 1. The van der Waals surface area contributed by atoms with Gasteiger partial charge in [-0.1, -0.05) is 6.92 Å². The Hall–Kier alpha value is -0.280. The first-order chi connectivity index (χ1) is 7.39. The van der Waals surface area contributed by atoms with E-state index >= 15 is 0 Å². The third kappa shape index (κ3) is 4.30. The first-order valence-corrected chi connectivity index (χ1v) is 5.17. The van der Waals surface area contributed by atoms with Crippen LogP contribution < -0.4 is 0 Å². The highest BCUT2D eigenvalue weighted by Crippen LogP contribution is 2.14. The van der Waals surface area contributed by atoms with Crippen LogP contribution in [0.15, 0.2) is 0 Å². The third-order valence-electron chi connectivity index (χ3n) is 2.22. The lowest BCUT2D eigenvalue weighted by Crippen LogP contribution is -2.60. The minimum Gasteiger partial charge on any atom is -0.394 e. The molecule has 0 aliphatic rings. The molecular weight excluding hydrogens is 218 g/mol. The predicted octanol–water partition coefficient (Wildman–Crippen LogP) is -2.96. The molecule has 0 aliphatic heterocycles. The second-order valence-electron chi connectivity index (χ2n) is 3.67. The van der Waals surface area contributed by atoms with Crippen LogP contribution in [0.2, 0.25) is 0 Å². The van der Waals surface area contributed by atoms with Crippen LogP contribution >= 0.6 is 0 Å². The molecule has 16 heavy (non-hydrogen) atoms. The summed E-state index contributed by atoms with van der Waals surface area (Å²) in [6.45, 7) is 0.420. The summed E-state index contributed by atoms with van der Waals surface area (Å²) < 4.78 is 0. The van der Waals surface area contributed by atoms with Crippen LogP contribution in [0, 0.1) is 0 Å². The van der Waals surface area contributed by atoms with Gasteiger partial charge in [-0.2, -0.15) is 0 Å². The molecule has 0 aliphatic carbocycles. The van der Waals surface area contributed by atoms with E-state index in [0.29, 0.717) is 6.42 Å². The second kappa shape index (κ2) is 7.13. The molecule has 98 valence electrons. The first kappa shape index (κ1) is 15.7. The summed E-state index contributed by atoms with van der Waals surface area (Å²) in [5, 5.41) is 55.0. The molecule has 7 nitrogen and oxygen atoms in total. The van der Waals surface area contributed by atoms with Crippen LogP contribution in [0.3, 0.4) is 0 Å². The fourth-order valence-electron chi connectivity index (χ4n) is 1.31. The van der Waals surface area contributed by atoms with Crippen molar-refractivity contribution < 1.29 is 30.6 Å². The van der Waals surface area contributed by atoms with Gasteiger partial charge in [-0.3, -0.25) is 0 Å². The summed E-state index contributed by atoms with van der Waals surface area (Å²) in [7, 11) is 0. The zero-order valence-corrected chi connectivity index (χ0v) is 9.32. The fourth-order valence-corrected chi connectivity index (χ4v) is 1.31. The Morgan fingerprint density at radius 2 is 1.69 bits per heavy atom. The van der Waals surface area contributed by atoms with Gasteiger partial charge in [0.1, 0.15) is 6.10 Å². The van der Waals surface area contributed by atoms with E-state index in [2.05, 4.69) is 0 Å². The van der Waals surface area contributed by atoms with Crippen molar-refractivity contribution >= 4 is 0 Å².